The topological polar surface area (TPSA) is 0 Å². The van der Waals surface area contributed by atoms with E-state index in [1.807, 2.05) is 0 Å². The Kier molecular flexibility index (Phi) is 149. The van der Waals surface area contributed by atoms with Crippen molar-refractivity contribution in [2.24, 2.45) is 0 Å². The van der Waals surface area contributed by atoms with E-state index in [1.165, 1.54) is 0 Å². The van der Waals surface area contributed by atoms with Crippen molar-refractivity contribution < 1.29 is 51.2 Å². The maximum atomic E-state index is 0. The molecule has 0 atom stereocenters. The van der Waals surface area contributed by atoms with Gasteiger partial charge < -0.3 is 0 Å². The SMILES string of the molecule is [Cu].[Cu].[Cu].[SbH3]. The third-order valence-electron chi connectivity index (χ3n) is 0. The molecule has 0 amide bonds. The average molecular weight is 315 g/mol. The fourth-order valence-electron chi connectivity index (χ4n) is 0. The monoisotopic (exact) mass is 313 g/mol. The molecule has 41 valence electrons. The summed E-state index contributed by atoms with van der Waals surface area (Å²) in [5, 5.41) is 0. The zero-order valence-electron chi connectivity index (χ0n) is 1.61. The van der Waals surface area contributed by atoms with E-state index in [4.69, 9.17) is 0 Å². The Morgan fingerprint density at radius 2 is 0.500 bits per heavy atom. The van der Waals surface area contributed by atoms with Crippen LogP contribution in [0.1, 0.15) is 0 Å². The Morgan fingerprint density at radius 3 is 0.500 bits per heavy atom. The van der Waals surface area contributed by atoms with Crippen LogP contribution in [0.3, 0.4) is 0 Å². The Balaban J connectivity index is 0. The predicted octanol–water partition coefficient (Wildman–Crippen LogP) is -1.19. The first-order valence-electron chi connectivity index (χ1n) is 0. The molecule has 0 rings (SSSR count). The molecule has 3 radical (unpaired) electrons. The summed E-state index contributed by atoms with van der Waals surface area (Å²) in [4.78, 5) is 0. The van der Waals surface area contributed by atoms with Crippen LogP contribution in [0.5, 0.6) is 0 Å². The van der Waals surface area contributed by atoms with Gasteiger partial charge in [0, 0.05) is 51.2 Å². The predicted molar refractivity (Wildman–Crippen MR) is 9.94 cm³/mol. The van der Waals surface area contributed by atoms with Gasteiger partial charge in [0.25, 0.3) is 0 Å². The van der Waals surface area contributed by atoms with E-state index in [0.29, 0.717) is 0 Å². The van der Waals surface area contributed by atoms with Crippen LogP contribution in [0.4, 0.5) is 0 Å². The molecule has 0 aliphatic carbocycles. The van der Waals surface area contributed by atoms with E-state index in [2.05, 4.69) is 0 Å². The molecule has 4 heavy (non-hydrogen) atoms. The van der Waals surface area contributed by atoms with Crippen LogP contribution >= 0.6 is 0 Å². The molecule has 0 heterocycles. The van der Waals surface area contributed by atoms with Crippen molar-refractivity contribution in [1.82, 2.24) is 0 Å². The first-order valence-corrected chi connectivity index (χ1v) is 0. The number of hydrogen-bond donors (Lipinski definition) is 0. The van der Waals surface area contributed by atoms with Crippen molar-refractivity contribution in [3.05, 3.63) is 0 Å². The van der Waals surface area contributed by atoms with Gasteiger partial charge in [-0.15, -0.1) is 0 Å². The number of hydrogen-bond acceptors (Lipinski definition) is 0. The van der Waals surface area contributed by atoms with Gasteiger partial charge in [-0.25, -0.2) is 0 Å². The van der Waals surface area contributed by atoms with E-state index in [9.17, 15) is 0 Å². The van der Waals surface area contributed by atoms with E-state index in [1.54, 1.807) is 0 Å². The van der Waals surface area contributed by atoms with Crippen molar-refractivity contribution >= 4 is 24.4 Å². The van der Waals surface area contributed by atoms with Crippen LogP contribution in [0.2, 0.25) is 0 Å². The van der Waals surface area contributed by atoms with Gasteiger partial charge in [0.1, 0.15) is 0 Å². The first kappa shape index (κ1) is 32.6. The van der Waals surface area contributed by atoms with Crippen LogP contribution in [0.25, 0.3) is 0 Å². The van der Waals surface area contributed by atoms with Crippen molar-refractivity contribution in [2.45, 2.75) is 0 Å². The molecule has 4 heteroatoms. The normalized spacial score (nSPS) is 0. The molecule has 0 bridgehead atoms. The van der Waals surface area contributed by atoms with Crippen LogP contribution in [-0.4, -0.2) is 24.4 Å². The standard InChI is InChI=1S/3Cu.Sb.3H. The summed E-state index contributed by atoms with van der Waals surface area (Å²) < 4.78 is 0. The van der Waals surface area contributed by atoms with Crippen LogP contribution in [0, 0.1) is 0 Å². The molecule has 0 unspecified atom stereocenters. The van der Waals surface area contributed by atoms with Crippen LogP contribution in [0.15, 0.2) is 0 Å². The fourth-order valence-corrected chi connectivity index (χ4v) is 0. The molecule has 0 aromatic rings. The van der Waals surface area contributed by atoms with Crippen LogP contribution in [-0.2, 0) is 51.2 Å². The van der Waals surface area contributed by atoms with Crippen molar-refractivity contribution in [3.8, 4) is 0 Å². The van der Waals surface area contributed by atoms with Crippen molar-refractivity contribution in [1.29, 1.82) is 0 Å². The summed E-state index contributed by atoms with van der Waals surface area (Å²) in [5.74, 6) is 0. The van der Waals surface area contributed by atoms with Gasteiger partial charge in [-0.05, 0) is 0 Å². The van der Waals surface area contributed by atoms with Crippen molar-refractivity contribution in [2.75, 3.05) is 0 Å². The summed E-state index contributed by atoms with van der Waals surface area (Å²) in [5.41, 5.74) is 0. The third-order valence-corrected chi connectivity index (χ3v) is 0. The fraction of sp³-hybridized carbons (Fsp3) is 0. The summed E-state index contributed by atoms with van der Waals surface area (Å²) in [7, 11) is 0. The molecule has 0 aliphatic rings. The first-order chi connectivity index (χ1) is 0. The van der Waals surface area contributed by atoms with Gasteiger partial charge in [0.15, 0.2) is 0 Å². The maximum absolute atomic E-state index is 0. The van der Waals surface area contributed by atoms with Gasteiger partial charge in [-0.2, -0.15) is 0 Å². The second-order valence-electron chi connectivity index (χ2n) is 0. The molecular formula is H3Cu3Sb. The van der Waals surface area contributed by atoms with Gasteiger partial charge in [0.05, 0.1) is 0 Å². The third kappa shape index (κ3) is 8.83. The minimum absolute atomic E-state index is 0. The second kappa shape index (κ2) is 18.2. The average Bonchev–Trinajstić information content (AvgIpc) is 0. The zero-order valence-corrected chi connectivity index (χ0v) is 8.47. The van der Waals surface area contributed by atoms with Crippen LogP contribution < -0.4 is 0 Å². The van der Waals surface area contributed by atoms with E-state index >= 15 is 0 Å². The second-order valence-corrected chi connectivity index (χ2v) is 0. The van der Waals surface area contributed by atoms with Gasteiger partial charge >= 0.3 is 24.4 Å². The van der Waals surface area contributed by atoms with E-state index < -0.39 is 0 Å². The summed E-state index contributed by atoms with van der Waals surface area (Å²) in [6, 6.07) is 0. The molecule has 0 aromatic carbocycles. The molecule has 0 fully saturated rings. The summed E-state index contributed by atoms with van der Waals surface area (Å²) >= 11 is 0. The Hall–Kier alpha value is 2.38. The Labute approximate surface area is 74.7 Å². The molecule has 0 saturated heterocycles. The summed E-state index contributed by atoms with van der Waals surface area (Å²) in [6.07, 6.45) is 0. The number of rotatable bonds is 0. The zero-order chi connectivity index (χ0) is 0. The van der Waals surface area contributed by atoms with Gasteiger partial charge in [-0.3, -0.25) is 0 Å². The van der Waals surface area contributed by atoms with Gasteiger partial charge in [-0.1, -0.05) is 0 Å². The molecule has 0 nitrogen and oxygen atoms in total. The Morgan fingerprint density at radius 1 is 0.500 bits per heavy atom. The molecule has 0 spiro atoms. The minimum atomic E-state index is 0. The molecule has 0 aliphatic heterocycles. The molecule has 0 saturated carbocycles. The molecule has 0 aromatic heterocycles. The van der Waals surface area contributed by atoms with E-state index in [-0.39, 0.29) is 75.6 Å². The van der Waals surface area contributed by atoms with Gasteiger partial charge in [0.2, 0.25) is 0 Å². The van der Waals surface area contributed by atoms with E-state index in [0.717, 1.165) is 0 Å². The quantitative estimate of drug-likeness (QED) is 0.493. The summed E-state index contributed by atoms with van der Waals surface area (Å²) in [6.45, 7) is 0. The van der Waals surface area contributed by atoms with Crippen molar-refractivity contribution in [3.63, 3.8) is 0 Å². The molecule has 0 N–H and O–H groups in total. The Bertz CT molecular complexity index is 3.25. The molecular weight excluding hydrogens is 312 g/mol.